The summed E-state index contributed by atoms with van der Waals surface area (Å²) in [5.41, 5.74) is 2.42. The van der Waals surface area contributed by atoms with Gasteiger partial charge in [-0.3, -0.25) is 4.84 Å². The van der Waals surface area contributed by atoms with Gasteiger partial charge in [0.15, 0.2) is 0 Å². The Balaban J connectivity index is 1.88. The molecular formula is C14H19NO. The maximum Gasteiger partial charge on any atom is 0.0936 e. The van der Waals surface area contributed by atoms with Crippen LogP contribution in [-0.2, 0) is 11.4 Å². The van der Waals surface area contributed by atoms with Crippen molar-refractivity contribution in [1.29, 1.82) is 0 Å². The van der Waals surface area contributed by atoms with Crippen LogP contribution in [0.4, 0.5) is 0 Å². The van der Waals surface area contributed by atoms with Crippen LogP contribution in [0.1, 0.15) is 25.3 Å². The fourth-order valence-electron chi connectivity index (χ4n) is 2.12. The van der Waals surface area contributed by atoms with Gasteiger partial charge in [-0.2, -0.15) is 5.06 Å². The second kappa shape index (κ2) is 5.28. The SMILES string of the molecule is C=C(C)C1CCCN1OCc1ccccc1. The molecule has 1 unspecified atom stereocenters. The highest BCUT2D eigenvalue weighted by Crippen LogP contribution is 2.23. The van der Waals surface area contributed by atoms with Crippen molar-refractivity contribution in [3.63, 3.8) is 0 Å². The molecule has 0 aromatic heterocycles. The number of benzene rings is 1. The van der Waals surface area contributed by atoms with Gasteiger partial charge in [0.05, 0.1) is 12.6 Å². The lowest BCUT2D eigenvalue weighted by atomic mass is 10.1. The van der Waals surface area contributed by atoms with E-state index in [2.05, 4.69) is 30.7 Å². The molecule has 0 bridgehead atoms. The van der Waals surface area contributed by atoms with Gasteiger partial charge in [0.1, 0.15) is 0 Å². The molecule has 0 amide bonds. The molecule has 1 atom stereocenters. The van der Waals surface area contributed by atoms with E-state index in [0.29, 0.717) is 12.6 Å². The highest BCUT2D eigenvalue weighted by molar-refractivity contribution is 5.13. The summed E-state index contributed by atoms with van der Waals surface area (Å²) in [6.45, 7) is 7.77. The van der Waals surface area contributed by atoms with Crippen molar-refractivity contribution >= 4 is 0 Å². The average molecular weight is 217 g/mol. The summed E-state index contributed by atoms with van der Waals surface area (Å²) in [5.74, 6) is 0. The zero-order chi connectivity index (χ0) is 11.4. The molecular weight excluding hydrogens is 198 g/mol. The van der Waals surface area contributed by atoms with Gasteiger partial charge >= 0.3 is 0 Å². The van der Waals surface area contributed by atoms with E-state index in [1.807, 2.05) is 18.2 Å². The quantitative estimate of drug-likeness (QED) is 0.718. The molecule has 0 saturated carbocycles. The largest absolute Gasteiger partial charge is 0.294 e. The molecule has 1 aromatic carbocycles. The zero-order valence-electron chi connectivity index (χ0n) is 9.86. The van der Waals surface area contributed by atoms with Crippen molar-refractivity contribution < 1.29 is 4.84 Å². The lowest BCUT2D eigenvalue weighted by molar-refractivity contribution is -0.171. The average Bonchev–Trinajstić information content (AvgIpc) is 2.76. The summed E-state index contributed by atoms with van der Waals surface area (Å²) in [5, 5.41) is 2.08. The van der Waals surface area contributed by atoms with E-state index in [1.54, 1.807) is 0 Å². The van der Waals surface area contributed by atoms with Crippen LogP contribution in [0.15, 0.2) is 42.5 Å². The van der Waals surface area contributed by atoms with Crippen LogP contribution >= 0.6 is 0 Å². The second-order valence-electron chi connectivity index (χ2n) is 4.40. The maximum absolute atomic E-state index is 5.84. The standard InChI is InChI=1S/C14H19NO/c1-12(2)14-9-6-10-15(14)16-11-13-7-4-3-5-8-13/h3-5,7-8,14H,1,6,9-11H2,2H3. The molecule has 1 aliphatic rings. The lowest BCUT2D eigenvalue weighted by Crippen LogP contribution is -2.30. The molecule has 0 N–H and O–H groups in total. The van der Waals surface area contributed by atoms with Crippen LogP contribution in [-0.4, -0.2) is 17.6 Å². The molecule has 2 rings (SSSR count). The number of hydrogen-bond donors (Lipinski definition) is 0. The second-order valence-corrected chi connectivity index (χ2v) is 4.40. The third kappa shape index (κ3) is 2.71. The topological polar surface area (TPSA) is 12.5 Å². The van der Waals surface area contributed by atoms with E-state index in [1.165, 1.54) is 24.0 Å². The Kier molecular flexibility index (Phi) is 3.75. The molecule has 0 spiro atoms. The van der Waals surface area contributed by atoms with Gasteiger partial charge in [0, 0.05) is 6.54 Å². The van der Waals surface area contributed by atoms with Crippen molar-refractivity contribution in [1.82, 2.24) is 5.06 Å². The first kappa shape index (κ1) is 11.4. The Hall–Kier alpha value is -1.12. The van der Waals surface area contributed by atoms with Gasteiger partial charge in [-0.1, -0.05) is 42.5 Å². The summed E-state index contributed by atoms with van der Waals surface area (Å²) >= 11 is 0. The van der Waals surface area contributed by atoms with Crippen molar-refractivity contribution in [3.8, 4) is 0 Å². The smallest absolute Gasteiger partial charge is 0.0936 e. The summed E-state index contributed by atoms with van der Waals surface area (Å²) in [7, 11) is 0. The summed E-state index contributed by atoms with van der Waals surface area (Å²) in [4.78, 5) is 5.84. The van der Waals surface area contributed by atoms with Gasteiger partial charge in [0.2, 0.25) is 0 Å². The molecule has 0 radical (unpaired) electrons. The minimum absolute atomic E-state index is 0.406. The molecule has 2 nitrogen and oxygen atoms in total. The Bertz CT molecular complexity index is 347. The van der Waals surface area contributed by atoms with Crippen molar-refractivity contribution in [2.24, 2.45) is 0 Å². The van der Waals surface area contributed by atoms with Gasteiger partial charge in [0.25, 0.3) is 0 Å². The fourth-order valence-corrected chi connectivity index (χ4v) is 2.12. The Morgan fingerprint density at radius 2 is 2.19 bits per heavy atom. The van der Waals surface area contributed by atoms with E-state index in [9.17, 15) is 0 Å². The molecule has 1 saturated heterocycles. The zero-order valence-corrected chi connectivity index (χ0v) is 9.86. The summed E-state index contributed by atoms with van der Waals surface area (Å²) in [6.07, 6.45) is 2.37. The molecule has 1 aromatic rings. The van der Waals surface area contributed by atoms with Crippen LogP contribution in [0.25, 0.3) is 0 Å². The van der Waals surface area contributed by atoms with Gasteiger partial charge in [-0.05, 0) is 25.3 Å². The Morgan fingerprint density at radius 3 is 2.88 bits per heavy atom. The third-order valence-electron chi connectivity index (χ3n) is 3.01. The van der Waals surface area contributed by atoms with Gasteiger partial charge in [-0.25, -0.2) is 0 Å². The molecule has 1 aliphatic heterocycles. The van der Waals surface area contributed by atoms with Crippen molar-refractivity contribution in [2.45, 2.75) is 32.4 Å². The predicted molar refractivity (Wildman–Crippen MR) is 65.8 cm³/mol. The first-order valence-corrected chi connectivity index (χ1v) is 5.86. The predicted octanol–water partition coefficient (Wildman–Crippen LogP) is 3.16. The molecule has 0 aliphatic carbocycles. The maximum atomic E-state index is 5.84. The van der Waals surface area contributed by atoms with E-state index in [-0.39, 0.29) is 0 Å². The van der Waals surface area contributed by atoms with Gasteiger partial charge < -0.3 is 0 Å². The number of hydroxylamine groups is 2. The normalized spacial score (nSPS) is 21.2. The number of hydrogen-bond acceptors (Lipinski definition) is 2. The van der Waals surface area contributed by atoms with Crippen LogP contribution in [0, 0.1) is 0 Å². The van der Waals surface area contributed by atoms with Crippen LogP contribution in [0.2, 0.25) is 0 Å². The minimum atomic E-state index is 0.406. The van der Waals surface area contributed by atoms with E-state index in [4.69, 9.17) is 4.84 Å². The summed E-state index contributed by atoms with van der Waals surface area (Å²) in [6, 6.07) is 10.7. The summed E-state index contributed by atoms with van der Waals surface area (Å²) < 4.78 is 0. The van der Waals surface area contributed by atoms with Crippen LogP contribution in [0.3, 0.4) is 0 Å². The molecule has 86 valence electrons. The monoisotopic (exact) mass is 217 g/mol. The molecule has 1 heterocycles. The first-order chi connectivity index (χ1) is 7.77. The minimum Gasteiger partial charge on any atom is -0.294 e. The highest BCUT2D eigenvalue weighted by atomic mass is 16.7. The Morgan fingerprint density at radius 1 is 1.44 bits per heavy atom. The Labute approximate surface area is 97.5 Å². The lowest BCUT2D eigenvalue weighted by Gasteiger charge is -2.23. The van der Waals surface area contributed by atoms with Crippen LogP contribution in [0.5, 0.6) is 0 Å². The van der Waals surface area contributed by atoms with Gasteiger partial charge in [-0.15, -0.1) is 0 Å². The van der Waals surface area contributed by atoms with E-state index in [0.717, 1.165) is 6.54 Å². The van der Waals surface area contributed by atoms with Crippen LogP contribution < -0.4 is 0 Å². The highest BCUT2D eigenvalue weighted by Gasteiger charge is 2.25. The third-order valence-corrected chi connectivity index (χ3v) is 3.01. The fraction of sp³-hybridized carbons (Fsp3) is 0.429. The first-order valence-electron chi connectivity index (χ1n) is 5.86. The number of nitrogens with zero attached hydrogens (tertiary/aromatic N) is 1. The molecule has 16 heavy (non-hydrogen) atoms. The van der Waals surface area contributed by atoms with E-state index >= 15 is 0 Å². The van der Waals surface area contributed by atoms with Crippen molar-refractivity contribution in [2.75, 3.05) is 6.54 Å². The van der Waals surface area contributed by atoms with Crippen molar-refractivity contribution in [3.05, 3.63) is 48.0 Å². The molecule has 1 fully saturated rings. The van der Waals surface area contributed by atoms with E-state index < -0.39 is 0 Å². The number of rotatable bonds is 4. The molecule has 2 heteroatoms.